The Morgan fingerprint density at radius 2 is 1.91 bits per heavy atom. The van der Waals surface area contributed by atoms with E-state index in [0.29, 0.717) is 6.54 Å². The van der Waals surface area contributed by atoms with Crippen molar-refractivity contribution in [2.75, 3.05) is 6.54 Å². The first-order valence-electron chi connectivity index (χ1n) is 4.00. The second kappa shape index (κ2) is 4.21. The van der Waals surface area contributed by atoms with E-state index in [9.17, 15) is 4.21 Å². The van der Waals surface area contributed by atoms with Gasteiger partial charge >= 0.3 is 0 Å². The van der Waals surface area contributed by atoms with E-state index in [4.69, 9.17) is 5.73 Å². The average Bonchev–Trinajstić information content (AvgIpc) is 1.85. The van der Waals surface area contributed by atoms with E-state index in [1.807, 2.05) is 27.7 Å². The first-order valence-corrected chi connectivity index (χ1v) is 5.21. The molecular weight excluding hydrogens is 158 g/mol. The second-order valence-electron chi connectivity index (χ2n) is 3.80. The maximum atomic E-state index is 11.6. The van der Waals surface area contributed by atoms with Crippen molar-refractivity contribution in [3.63, 3.8) is 0 Å². The third-order valence-electron chi connectivity index (χ3n) is 1.54. The Labute approximate surface area is 72.0 Å². The van der Waals surface area contributed by atoms with E-state index in [0.717, 1.165) is 6.42 Å². The zero-order chi connectivity index (χ0) is 9.07. The maximum absolute atomic E-state index is 11.6. The van der Waals surface area contributed by atoms with E-state index in [2.05, 4.69) is 0 Å². The highest BCUT2D eigenvalue weighted by Crippen LogP contribution is 2.17. The van der Waals surface area contributed by atoms with Gasteiger partial charge in [0.1, 0.15) is 0 Å². The van der Waals surface area contributed by atoms with Gasteiger partial charge in [-0.2, -0.15) is 0 Å². The molecule has 2 N–H and O–H groups in total. The Bertz CT molecular complexity index is 140. The van der Waals surface area contributed by atoms with Crippen molar-refractivity contribution in [2.45, 2.75) is 44.1 Å². The molecule has 0 bridgehead atoms. The Kier molecular flexibility index (Phi) is 4.26. The minimum atomic E-state index is -0.762. The molecule has 0 fully saturated rings. The SMILES string of the molecule is CC(CCN)S(=O)C(C)(C)C. The number of hydrogen-bond acceptors (Lipinski definition) is 2. The van der Waals surface area contributed by atoms with Gasteiger partial charge < -0.3 is 5.73 Å². The molecule has 0 aromatic carbocycles. The summed E-state index contributed by atoms with van der Waals surface area (Å²) in [5.74, 6) is 0. The van der Waals surface area contributed by atoms with Crippen LogP contribution in [-0.2, 0) is 10.8 Å². The lowest BCUT2D eigenvalue weighted by Gasteiger charge is -2.22. The highest BCUT2D eigenvalue weighted by Gasteiger charge is 2.23. The van der Waals surface area contributed by atoms with Crippen LogP contribution >= 0.6 is 0 Å². The Morgan fingerprint density at radius 3 is 2.18 bits per heavy atom. The molecule has 0 saturated heterocycles. The van der Waals surface area contributed by atoms with Crippen molar-refractivity contribution in [2.24, 2.45) is 5.73 Å². The zero-order valence-electron chi connectivity index (χ0n) is 7.89. The van der Waals surface area contributed by atoms with Crippen molar-refractivity contribution in [3.8, 4) is 0 Å². The molecule has 0 spiro atoms. The number of rotatable bonds is 3. The Morgan fingerprint density at radius 1 is 1.45 bits per heavy atom. The van der Waals surface area contributed by atoms with E-state index in [1.165, 1.54) is 0 Å². The molecule has 0 aromatic rings. The van der Waals surface area contributed by atoms with Gasteiger partial charge in [-0.3, -0.25) is 4.21 Å². The van der Waals surface area contributed by atoms with Crippen LogP contribution in [0.25, 0.3) is 0 Å². The summed E-state index contributed by atoms with van der Waals surface area (Å²) >= 11 is 0. The zero-order valence-corrected chi connectivity index (χ0v) is 8.70. The molecule has 11 heavy (non-hydrogen) atoms. The molecule has 0 amide bonds. The van der Waals surface area contributed by atoms with Gasteiger partial charge in [0.15, 0.2) is 0 Å². The summed E-state index contributed by atoms with van der Waals surface area (Å²) < 4.78 is 11.5. The van der Waals surface area contributed by atoms with Gasteiger partial charge in [-0.15, -0.1) is 0 Å². The van der Waals surface area contributed by atoms with Crippen LogP contribution in [0.3, 0.4) is 0 Å². The summed E-state index contributed by atoms with van der Waals surface area (Å²) in [6, 6.07) is 0. The summed E-state index contributed by atoms with van der Waals surface area (Å²) in [5.41, 5.74) is 5.38. The molecule has 0 heterocycles. The normalized spacial score (nSPS) is 17.9. The van der Waals surface area contributed by atoms with Crippen molar-refractivity contribution < 1.29 is 4.21 Å². The third-order valence-corrected chi connectivity index (χ3v) is 3.72. The van der Waals surface area contributed by atoms with Crippen LogP contribution in [0.5, 0.6) is 0 Å². The lowest BCUT2D eigenvalue weighted by atomic mass is 10.3. The second-order valence-corrected chi connectivity index (χ2v) is 6.42. The summed E-state index contributed by atoms with van der Waals surface area (Å²) in [6.07, 6.45) is 0.851. The first-order chi connectivity index (χ1) is 4.89. The van der Waals surface area contributed by atoms with Crippen LogP contribution in [-0.4, -0.2) is 20.8 Å². The van der Waals surface area contributed by atoms with Gasteiger partial charge in [-0.05, 0) is 33.7 Å². The maximum Gasteiger partial charge on any atom is 0.0377 e. The Hall–Kier alpha value is 0.110. The molecule has 68 valence electrons. The molecule has 0 saturated carbocycles. The molecule has 0 aromatic heterocycles. The molecule has 0 rings (SSSR count). The largest absolute Gasteiger partial charge is 0.330 e. The van der Waals surface area contributed by atoms with Crippen LogP contribution in [0.2, 0.25) is 0 Å². The number of nitrogens with two attached hydrogens (primary N) is 1. The van der Waals surface area contributed by atoms with Gasteiger partial charge in [0, 0.05) is 20.8 Å². The van der Waals surface area contributed by atoms with Gasteiger partial charge in [-0.1, -0.05) is 6.92 Å². The van der Waals surface area contributed by atoms with Crippen molar-refractivity contribution in [3.05, 3.63) is 0 Å². The summed E-state index contributed by atoms with van der Waals surface area (Å²) in [4.78, 5) is 0. The molecule has 2 atom stereocenters. The van der Waals surface area contributed by atoms with Gasteiger partial charge in [0.05, 0.1) is 0 Å². The smallest absolute Gasteiger partial charge is 0.0377 e. The highest BCUT2D eigenvalue weighted by atomic mass is 32.2. The quantitative estimate of drug-likeness (QED) is 0.705. The van der Waals surface area contributed by atoms with Crippen LogP contribution in [0.1, 0.15) is 34.1 Å². The van der Waals surface area contributed by atoms with E-state index >= 15 is 0 Å². The minimum absolute atomic E-state index is 0.103. The van der Waals surface area contributed by atoms with Crippen molar-refractivity contribution in [1.29, 1.82) is 0 Å². The molecule has 0 aliphatic carbocycles. The topological polar surface area (TPSA) is 43.1 Å². The lowest BCUT2D eigenvalue weighted by Crippen LogP contribution is -2.30. The Balaban J connectivity index is 4.03. The minimum Gasteiger partial charge on any atom is -0.330 e. The molecule has 2 unspecified atom stereocenters. The van der Waals surface area contributed by atoms with Crippen LogP contribution < -0.4 is 5.73 Å². The van der Waals surface area contributed by atoms with Crippen LogP contribution in [0.15, 0.2) is 0 Å². The van der Waals surface area contributed by atoms with Crippen molar-refractivity contribution in [1.82, 2.24) is 0 Å². The van der Waals surface area contributed by atoms with Gasteiger partial charge in [0.25, 0.3) is 0 Å². The standard InChI is InChI=1S/C8H19NOS/c1-7(5-6-9)11(10)8(2,3)4/h7H,5-6,9H2,1-4H3. The fourth-order valence-electron chi connectivity index (χ4n) is 0.945. The average molecular weight is 177 g/mol. The van der Waals surface area contributed by atoms with Crippen LogP contribution in [0, 0.1) is 0 Å². The van der Waals surface area contributed by atoms with Gasteiger partial charge in [0.2, 0.25) is 0 Å². The molecule has 0 aliphatic heterocycles. The van der Waals surface area contributed by atoms with E-state index in [1.54, 1.807) is 0 Å². The number of hydrogen-bond donors (Lipinski definition) is 1. The van der Waals surface area contributed by atoms with Crippen LogP contribution in [0.4, 0.5) is 0 Å². The fraction of sp³-hybridized carbons (Fsp3) is 1.00. The first kappa shape index (κ1) is 11.1. The summed E-state index contributed by atoms with van der Waals surface area (Å²) in [7, 11) is -0.762. The third kappa shape index (κ3) is 3.87. The summed E-state index contributed by atoms with van der Waals surface area (Å²) in [6.45, 7) is 8.61. The van der Waals surface area contributed by atoms with E-state index in [-0.39, 0.29) is 10.00 Å². The van der Waals surface area contributed by atoms with Gasteiger partial charge in [-0.25, -0.2) is 0 Å². The molecule has 3 heteroatoms. The molecular formula is C8H19NOS. The lowest BCUT2D eigenvalue weighted by molar-refractivity contribution is 0.630. The molecule has 0 radical (unpaired) electrons. The highest BCUT2D eigenvalue weighted by molar-refractivity contribution is 7.87. The monoisotopic (exact) mass is 177 g/mol. The fourth-order valence-corrected chi connectivity index (χ4v) is 2.50. The van der Waals surface area contributed by atoms with Crippen molar-refractivity contribution >= 4 is 10.8 Å². The molecule has 0 aliphatic rings. The predicted octanol–water partition coefficient (Wildman–Crippen LogP) is 1.27. The predicted molar refractivity (Wildman–Crippen MR) is 51.0 cm³/mol. The van der Waals surface area contributed by atoms with E-state index < -0.39 is 10.8 Å². The molecule has 2 nitrogen and oxygen atoms in total. The summed E-state index contributed by atoms with van der Waals surface area (Å²) in [5, 5.41) is 0.222.